The van der Waals surface area contributed by atoms with Crippen LogP contribution in [0.5, 0.6) is 0 Å². The number of aromatic nitrogens is 1. The van der Waals surface area contributed by atoms with Gasteiger partial charge in [-0.15, -0.1) is 0 Å². The highest BCUT2D eigenvalue weighted by molar-refractivity contribution is 6.39. The highest BCUT2D eigenvalue weighted by atomic mass is 16.6. The summed E-state index contributed by atoms with van der Waals surface area (Å²) in [7, 11) is 0. The van der Waals surface area contributed by atoms with E-state index in [0.29, 0.717) is 35.4 Å². The van der Waals surface area contributed by atoms with Crippen LogP contribution in [0.1, 0.15) is 57.2 Å². The van der Waals surface area contributed by atoms with Crippen LogP contribution in [-0.2, 0) is 14.3 Å². The summed E-state index contributed by atoms with van der Waals surface area (Å²) in [5.41, 5.74) is 1.47. The maximum atomic E-state index is 13.3. The molecule has 0 radical (unpaired) electrons. The van der Waals surface area contributed by atoms with Crippen molar-refractivity contribution in [2.24, 2.45) is 11.8 Å². The highest BCUT2D eigenvalue weighted by Crippen LogP contribution is 2.47. The number of amides is 3. The van der Waals surface area contributed by atoms with Crippen molar-refractivity contribution in [2.75, 3.05) is 17.2 Å². The summed E-state index contributed by atoms with van der Waals surface area (Å²) < 4.78 is 5.25. The third-order valence-electron chi connectivity index (χ3n) is 6.37. The van der Waals surface area contributed by atoms with E-state index in [1.807, 2.05) is 30.3 Å². The standard InChI is InChI=1S/C26H32N4O4/c1-16-12-20(14-27-22(16)29-25(33)34-26(2,3)4)28-23(31)24(32)30-15-17-10-11-19(13-17)21(30)18-8-6-5-7-9-18/h5-9,12,14,17,19,21H,10-11,13,15H2,1-4H3,(H,28,31)(H,27,29,33). The van der Waals surface area contributed by atoms with Gasteiger partial charge in [0.2, 0.25) is 0 Å². The number of ether oxygens (including phenoxy) is 1. The van der Waals surface area contributed by atoms with E-state index in [9.17, 15) is 14.4 Å². The van der Waals surface area contributed by atoms with Crippen LogP contribution < -0.4 is 10.6 Å². The lowest BCUT2D eigenvalue weighted by molar-refractivity contribution is -0.147. The van der Waals surface area contributed by atoms with Gasteiger partial charge in [0.25, 0.3) is 0 Å². The Hall–Kier alpha value is -3.42. The van der Waals surface area contributed by atoms with E-state index in [-0.39, 0.29) is 6.04 Å². The molecular weight excluding hydrogens is 432 g/mol. The number of likely N-dealkylation sites (tertiary alicyclic amines) is 1. The molecule has 3 atom stereocenters. The molecule has 1 aliphatic carbocycles. The molecule has 1 saturated heterocycles. The van der Waals surface area contributed by atoms with Crippen molar-refractivity contribution in [1.82, 2.24) is 9.88 Å². The molecule has 1 aromatic heterocycles. The number of hydrogen-bond donors (Lipinski definition) is 2. The minimum atomic E-state index is -0.684. The number of carbonyl (C=O) groups excluding carboxylic acids is 3. The van der Waals surface area contributed by atoms with Crippen LogP contribution in [0.2, 0.25) is 0 Å². The van der Waals surface area contributed by atoms with Gasteiger partial charge in [0, 0.05) is 6.54 Å². The Morgan fingerprint density at radius 3 is 2.50 bits per heavy atom. The summed E-state index contributed by atoms with van der Waals surface area (Å²) in [5.74, 6) is -0.0606. The quantitative estimate of drug-likeness (QED) is 0.643. The smallest absolute Gasteiger partial charge is 0.413 e. The minimum Gasteiger partial charge on any atom is -0.444 e. The first-order valence-corrected chi connectivity index (χ1v) is 11.7. The molecule has 2 N–H and O–H groups in total. The average molecular weight is 465 g/mol. The van der Waals surface area contributed by atoms with Crippen molar-refractivity contribution in [3.8, 4) is 0 Å². The van der Waals surface area contributed by atoms with E-state index in [1.165, 1.54) is 6.20 Å². The van der Waals surface area contributed by atoms with Crippen LogP contribution in [0.25, 0.3) is 0 Å². The maximum absolute atomic E-state index is 13.3. The molecule has 2 aliphatic rings. The monoisotopic (exact) mass is 464 g/mol. The Labute approximate surface area is 200 Å². The molecule has 180 valence electrons. The number of pyridine rings is 1. The van der Waals surface area contributed by atoms with Crippen molar-refractivity contribution in [1.29, 1.82) is 0 Å². The summed E-state index contributed by atoms with van der Waals surface area (Å²) in [6.07, 6.45) is 4.07. The van der Waals surface area contributed by atoms with Gasteiger partial charge in [-0.2, -0.15) is 0 Å². The molecule has 1 aliphatic heterocycles. The van der Waals surface area contributed by atoms with Crippen molar-refractivity contribution in [2.45, 2.75) is 58.6 Å². The van der Waals surface area contributed by atoms with Crippen LogP contribution in [0.3, 0.4) is 0 Å². The zero-order chi connectivity index (χ0) is 24.5. The van der Waals surface area contributed by atoms with Gasteiger partial charge in [-0.3, -0.25) is 14.9 Å². The second-order valence-corrected chi connectivity index (χ2v) is 10.2. The number of nitrogens with zero attached hydrogens (tertiary/aromatic N) is 2. The molecule has 3 unspecified atom stereocenters. The number of fused-ring (bicyclic) bond motifs is 2. The van der Waals surface area contributed by atoms with Crippen molar-refractivity contribution < 1.29 is 19.1 Å². The molecule has 3 amide bonds. The number of anilines is 2. The van der Waals surface area contributed by atoms with E-state index in [1.54, 1.807) is 38.7 Å². The molecule has 2 bridgehead atoms. The second kappa shape index (κ2) is 9.44. The van der Waals surface area contributed by atoms with Crippen molar-refractivity contribution in [3.05, 3.63) is 53.7 Å². The Balaban J connectivity index is 1.45. The Morgan fingerprint density at radius 2 is 1.82 bits per heavy atom. The first kappa shape index (κ1) is 23.7. The van der Waals surface area contributed by atoms with Crippen LogP contribution in [0.4, 0.5) is 16.3 Å². The van der Waals surface area contributed by atoms with Crippen LogP contribution in [0.15, 0.2) is 42.6 Å². The van der Waals surface area contributed by atoms with Gasteiger partial charge in [-0.25, -0.2) is 9.78 Å². The number of rotatable bonds is 3. The van der Waals surface area contributed by atoms with Crippen molar-refractivity contribution >= 4 is 29.4 Å². The van der Waals surface area contributed by atoms with E-state index in [0.717, 1.165) is 24.8 Å². The van der Waals surface area contributed by atoms with E-state index >= 15 is 0 Å². The van der Waals surface area contributed by atoms with Crippen LogP contribution in [-0.4, -0.2) is 39.9 Å². The van der Waals surface area contributed by atoms with Gasteiger partial charge in [-0.1, -0.05) is 30.3 Å². The number of piperidine rings is 1. The third-order valence-corrected chi connectivity index (χ3v) is 6.37. The second-order valence-electron chi connectivity index (χ2n) is 10.2. The summed E-state index contributed by atoms with van der Waals surface area (Å²) in [5, 5.41) is 5.29. The third kappa shape index (κ3) is 5.38. The minimum absolute atomic E-state index is 0.0848. The predicted octanol–water partition coefficient (Wildman–Crippen LogP) is 4.68. The summed E-state index contributed by atoms with van der Waals surface area (Å²) >= 11 is 0. The Bertz CT molecular complexity index is 1080. The zero-order valence-corrected chi connectivity index (χ0v) is 20.1. The molecule has 34 heavy (non-hydrogen) atoms. The molecule has 0 spiro atoms. The van der Waals surface area contributed by atoms with Gasteiger partial charge < -0.3 is 15.0 Å². The molecule has 1 aromatic carbocycles. The van der Waals surface area contributed by atoms with Gasteiger partial charge >= 0.3 is 17.9 Å². The summed E-state index contributed by atoms with van der Waals surface area (Å²) in [4.78, 5) is 44.2. The topological polar surface area (TPSA) is 101 Å². The fraction of sp³-hybridized carbons (Fsp3) is 0.462. The SMILES string of the molecule is Cc1cc(NC(=O)C(=O)N2CC3CCC(C3)C2c2ccccc2)cnc1NC(=O)OC(C)(C)C. The first-order valence-electron chi connectivity index (χ1n) is 11.7. The molecule has 8 heteroatoms. The van der Waals surface area contributed by atoms with Crippen LogP contribution in [0, 0.1) is 18.8 Å². The Morgan fingerprint density at radius 1 is 1.09 bits per heavy atom. The Kier molecular flexibility index (Phi) is 6.59. The average Bonchev–Trinajstić information content (AvgIpc) is 3.15. The fourth-order valence-electron chi connectivity index (χ4n) is 5.01. The largest absolute Gasteiger partial charge is 0.444 e. The number of benzene rings is 1. The normalized spacial score (nSPS) is 21.6. The van der Waals surface area contributed by atoms with Gasteiger partial charge in [-0.05, 0) is 76.0 Å². The predicted molar refractivity (Wildman–Crippen MR) is 129 cm³/mol. The van der Waals surface area contributed by atoms with Crippen LogP contribution >= 0.6 is 0 Å². The van der Waals surface area contributed by atoms with Gasteiger partial charge in [0.15, 0.2) is 0 Å². The number of aryl methyl sites for hydroxylation is 1. The number of hydrogen-bond acceptors (Lipinski definition) is 5. The van der Waals surface area contributed by atoms with E-state index in [4.69, 9.17) is 4.74 Å². The van der Waals surface area contributed by atoms with Crippen molar-refractivity contribution in [3.63, 3.8) is 0 Å². The molecule has 4 rings (SSSR count). The van der Waals surface area contributed by atoms with E-state index < -0.39 is 23.5 Å². The lowest BCUT2D eigenvalue weighted by Gasteiger charge is -2.40. The molecular formula is C26H32N4O4. The molecule has 8 nitrogen and oxygen atoms in total. The number of nitrogens with one attached hydrogen (secondary N) is 2. The lowest BCUT2D eigenvalue weighted by Crippen LogP contribution is -2.47. The fourth-order valence-corrected chi connectivity index (χ4v) is 5.01. The number of carbonyl (C=O) groups is 3. The molecule has 2 aromatic rings. The summed E-state index contributed by atoms with van der Waals surface area (Å²) in [6, 6.07) is 11.6. The lowest BCUT2D eigenvalue weighted by atomic mass is 9.86. The highest BCUT2D eigenvalue weighted by Gasteiger charge is 2.44. The molecule has 2 heterocycles. The zero-order valence-electron chi connectivity index (χ0n) is 20.1. The molecule has 2 fully saturated rings. The molecule has 1 saturated carbocycles. The van der Waals surface area contributed by atoms with Gasteiger partial charge in [0.1, 0.15) is 11.4 Å². The van der Waals surface area contributed by atoms with Gasteiger partial charge in [0.05, 0.1) is 17.9 Å². The maximum Gasteiger partial charge on any atom is 0.413 e. The summed E-state index contributed by atoms with van der Waals surface area (Å²) in [6.45, 7) is 7.68. The first-order chi connectivity index (χ1) is 16.1. The van der Waals surface area contributed by atoms with E-state index in [2.05, 4.69) is 15.6 Å².